The van der Waals surface area contributed by atoms with E-state index in [0.29, 0.717) is 26.1 Å². The maximum Gasteiger partial charge on any atom is 0.406 e. The summed E-state index contributed by atoms with van der Waals surface area (Å²) >= 11 is 0. The van der Waals surface area contributed by atoms with Gasteiger partial charge in [-0.25, -0.2) is 4.79 Å². The molecule has 2 rings (SSSR count). The number of aliphatic carboxylic acids is 1. The molecule has 0 spiro atoms. The van der Waals surface area contributed by atoms with Crippen molar-refractivity contribution in [1.29, 1.82) is 0 Å². The molecule has 21 heavy (non-hydrogen) atoms. The molecule has 0 radical (unpaired) electrons. The van der Waals surface area contributed by atoms with Gasteiger partial charge >= 0.3 is 18.2 Å². The van der Waals surface area contributed by atoms with Crippen LogP contribution in [0.15, 0.2) is 0 Å². The number of amides is 2. The van der Waals surface area contributed by atoms with Gasteiger partial charge < -0.3 is 20.1 Å². The van der Waals surface area contributed by atoms with Gasteiger partial charge in [0.25, 0.3) is 0 Å². The Labute approximate surface area is 119 Å². The highest BCUT2D eigenvalue weighted by Crippen LogP contribution is 2.45. The molecule has 0 aromatic rings. The van der Waals surface area contributed by atoms with Gasteiger partial charge in [-0.2, -0.15) is 13.2 Å². The van der Waals surface area contributed by atoms with Crippen LogP contribution in [0.4, 0.5) is 18.0 Å². The highest BCUT2D eigenvalue weighted by Gasteiger charge is 2.64. The molecule has 1 unspecified atom stereocenters. The normalized spacial score (nSPS) is 27.7. The van der Waals surface area contributed by atoms with Gasteiger partial charge in [-0.3, -0.25) is 4.79 Å². The van der Waals surface area contributed by atoms with Gasteiger partial charge in [0.15, 0.2) is 5.41 Å². The number of rotatable bonds is 2. The van der Waals surface area contributed by atoms with Crippen LogP contribution in [0.1, 0.15) is 19.3 Å². The monoisotopic (exact) mass is 310 g/mol. The number of nitrogens with zero attached hydrogens (tertiary/aromatic N) is 1. The fraction of sp³-hybridized carbons (Fsp3) is 0.833. The quantitative estimate of drug-likeness (QED) is 0.803. The lowest BCUT2D eigenvalue weighted by molar-refractivity contribution is -0.226. The van der Waals surface area contributed by atoms with Gasteiger partial charge in [-0.1, -0.05) is 0 Å². The summed E-state index contributed by atoms with van der Waals surface area (Å²) in [4.78, 5) is 23.9. The van der Waals surface area contributed by atoms with E-state index in [2.05, 4.69) is 5.32 Å². The maximum absolute atomic E-state index is 13.0. The van der Waals surface area contributed by atoms with Crippen molar-refractivity contribution >= 4 is 12.0 Å². The molecule has 0 aromatic carbocycles. The molecule has 0 aromatic heterocycles. The van der Waals surface area contributed by atoms with E-state index in [4.69, 9.17) is 9.84 Å². The molecular weight excluding hydrogens is 293 g/mol. The SMILES string of the molecule is O=C(NC1CCOCC1)N1CCC(C(=O)O)(C(F)(F)F)C1. The van der Waals surface area contributed by atoms with E-state index >= 15 is 0 Å². The zero-order chi connectivity index (χ0) is 15.7. The molecule has 120 valence electrons. The summed E-state index contributed by atoms with van der Waals surface area (Å²) in [5.41, 5.74) is -2.86. The summed E-state index contributed by atoms with van der Waals surface area (Å²) in [6.07, 6.45) is -4.30. The first-order chi connectivity index (χ1) is 9.76. The molecule has 2 N–H and O–H groups in total. The van der Waals surface area contributed by atoms with Gasteiger partial charge in [0.05, 0.1) is 0 Å². The third-order valence-corrected chi connectivity index (χ3v) is 4.06. The van der Waals surface area contributed by atoms with Gasteiger partial charge in [-0.05, 0) is 19.3 Å². The fourth-order valence-corrected chi connectivity index (χ4v) is 2.62. The first kappa shape index (κ1) is 15.9. The highest BCUT2D eigenvalue weighted by atomic mass is 19.4. The summed E-state index contributed by atoms with van der Waals surface area (Å²) in [5, 5.41) is 11.6. The van der Waals surface area contributed by atoms with Crippen LogP contribution in [-0.2, 0) is 9.53 Å². The molecule has 0 aliphatic carbocycles. The molecule has 2 saturated heterocycles. The summed E-state index contributed by atoms with van der Waals surface area (Å²) in [6.45, 7) is -0.0825. The fourth-order valence-electron chi connectivity index (χ4n) is 2.62. The van der Waals surface area contributed by atoms with Crippen LogP contribution >= 0.6 is 0 Å². The van der Waals surface area contributed by atoms with Crippen LogP contribution < -0.4 is 5.32 Å². The molecule has 0 bridgehead atoms. The van der Waals surface area contributed by atoms with Crippen LogP contribution in [0.5, 0.6) is 0 Å². The Kier molecular flexibility index (Phi) is 4.31. The molecule has 2 aliphatic rings. The summed E-state index contributed by atoms with van der Waals surface area (Å²) in [7, 11) is 0. The number of hydrogen-bond acceptors (Lipinski definition) is 3. The predicted octanol–water partition coefficient (Wildman–Crippen LogP) is 1.21. The number of carboxylic acid groups (broad SMARTS) is 1. The van der Waals surface area contributed by atoms with Crippen LogP contribution in [0.25, 0.3) is 0 Å². The van der Waals surface area contributed by atoms with E-state index in [-0.39, 0.29) is 12.6 Å². The van der Waals surface area contributed by atoms with Crippen molar-refractivity contribution in [2.75, 3.05) is 26.3 Å². The molecule has 2 heterocycles. The molecule has 2 aliphatic heterocycles. The largest absolute Gasteiger partial charge is 0.481 e. The average Bonchev–Trinajstić information content (AvgIpc) is 2.86. The summed E-state index contributed by atoms with van der Waals surface area (Å²) < 4.78 is 44.1. The van der Waals surface area contributed by atoms with E-state index in [1.807, 2.05) is 0 Å². The number of urea groups is 1. The lowest BCUT2D eigenvalue weighted by atomic mass is 9.86. The van der Waals surface area contributed by atoms with Gasteiger partial charge in [0.2, 0.25) is 0 Å². The minimum Gasteiger partial charge on any atom is -0.481 e. The lowest BCUT2D eigenvalue weighted by Gasteiger charge is -2.29. The van der Waals surface area contributed by atoms with Crippen molar-refractivity contribution in [2.45, 2.75) is 31.5 Å². The Balaban J connectivity index is 2.00. The number of carbonyl (C=O) groups is 2. The van der Waals surface area contributed by atoms with Crippen molar-refractivity contribution in [1.82, 2.24) is 10.2 Å². The number of carbonyl (C=O) groups excluding carboxylic acids is 1. The topological polar surface area (TPSA) is 78.9 Å². The second-order valence-corrected chi connectivity index (χ2v) is 5.39. The minimum atomic E-state index is -4.88. The van der Waals surface area contributed by atoms with Crippen molar-refractivity contribution in [3.63, 3.8) is 0 Å². The number of nitrogens with one attached hydrogen (secondary N) is 1. The van der Waals surface area contributed by atoms with Crippen molar-refractivity contribution in [3.05, 3.63) is 0 Å². The van der Waals surface area contributed by atoms with Crippen molar-refractivity contribution < 1.29 is 32.6 Å². The van der Waals surface area contributed by atoms with Crippen molar-refractivity contribution in [3.8, 4) is 0 Å². The lowest BCUT2D eigenvalue weighted by Crippen LogP contribution is -2.50. The molecule has 9 heteroatoms. The van der Waals surface area contributed by atoms with Crippen LogP contribution in [0.3, 0.4) is 0 Å². The van der Waals surface area contributed by atoms with Gasteiger partial charge in [0.1, 0.15) is 0 Å². The van der Waals surface area contributed by atoms with Crippen molar-refractivity contribution in [2.24, 2.45) is 5.41 Å². The number of hydrogen-bond donors (Lipinski definition) is 2. The average molecular weight is 310 g/mol. The summed E-state index contributed by atoms with van der Waals surface area (Å²) in [6, 6.07) is -0.786. The minimum absolute atomic E-state index is 0.142. The Bertz CT molecular complexity index is 423. The van der Waals surface area contributed by atoms with Gasteiger partial charge in [0, 0.05) is 32.3 Å². The zero-order valence-corrected chi connectivity index (χ0v) is 11.3. The third-order valence-electron chi connectivity index (χ3n) is 4.06. The molecule has 6 nitrogen and oxygen atoms in total. The zero-order valence-electron chi connectivity index (χ0n) is 11.3. The second-order valence-electron chi connectivity index (χ2n) is 5.39. The predicted molar refractivity (Wildman–Crippen MR) is 64.7 cm³/mol. The number of likely N-dealkylation sites (tertiary alicyclic amines) is 1. The first-order valence-electron chi connectivity index (χ1n) is 6.69. The molecule has 1 atom stereocenters. The van der Waals surface area contributed by atoms with Gasteiger partial charge in [-0.15, -0.1) is 0 Å². The van der Waals surface area contributed by atoms with E-state index in [0.717, 1.165) is 4.90 Å². The number of ether oxygens (including phenoxy) is 1. The second kappa shape index (κ2) is 5.70. The standard InChI is InChI=1S/C12H17F3N2O4/c13-12(14,15)11(9(18)19)3-4-17(7-11)10(20)16-8-1-5-21-6-2-8/h8H,1-7H2,(H,16,20)(H,18,19). The molecule has 0 saturated carbocycles. The van der Waals surface area contributed by atoms with E-state index < -0.39 is 36.6 Å². The third kappa shape index (κ3) is 3.07. The van der Waals surface area contributed by atoms with E-state index in [9.17, 15) is 22.8 Å². The van der Waals surface area contributed by atoms with Crippen LogP contribution in [0, 0.1) is 5.41 Å². The van der Waals surface area contributed by atoms with E-state index in [1.165, 1.54) is 0 Å². The van der Waals surface area contributed by atoms with E-state index in [1.54, 1.807) is 0 Å². The maximum atomic E-state index is 13.0. The summed E-state index contributed by atoms with van der Waals surface area (Å²) in [5.74, 6) is -1.93. The Morgan fingerprint density at radius 3 is 2.38 bits per heavy atom. The Morgan fingerprint density at radius 2 is 1.90 bits per heavy atom. The number of halogens is 3. The Morgan fingerprint density at radius 1 is 1.29 bits per heavy atom. The molecular formula is C12H17F3N2O4. The first-order valence-corrected chi connectivity index (χ1v) is 6.69. The van der Waals surface area contributed by atoms with Crippen LogP contribution in [-0.4, -0.2) is 60.5 Å². The number of carboxylic acids is 1. The number of alkyl halides is 3. The Hall–Kier alpha value is -1.51. The molecule has 2 fully saturated rings. The smallest absolute Gasteiger partial charge is 0.406 e. The van der Waals surface area contributed by atoms with Crippen LogP contribution in [0.2, 0.25) is 0 Å². The highest BCUT2D eigenvalue weighted by molar-refractivity contribution is 5.80. The molecule has 2 amide bonds.